The SMILES string of the molecule is CC(NC(=O)CCCNC(=O)NC1CCCCC1)c1ccc2ccccc2c1. The number of rotatable bonds is 7. The fourth-order valence-corrected chi connectivity index (χ4v) is 3.81. The van der Waals surface area contributed by atoms with Gasteiger partial charge in [0.1, 0.15) is 0 Å². The van der Waals surface area contributed by atoms with Gasteiger partial charge in [0.15, 0.2) is 0 Å². The first kappa shape index (κ1) is 20.2. The molecular weight excluding hydrogens is 350 g/mol. The van der Waals surface area contributed by atoms with Crippen LogP contribution in [0.1, 0.15) is 63.5 Å². The summed E-state index contributed by atoms with van der Waals surface area (Å²) >= 11 is 0. The van der Waals surface area contributed by atoms with Crippen molar-refractivity contribution in [1.29, 1.82) is 0 Å². The molecule has 0 spiro atoms. The molecule has 0 aliphatic heterocycles. The lowest BCUT2D eigenvalue weighted by molar-refractivity contribution is -0.121. The zero-order valence-corrected chi connectivity index (χ0v) is 16.7. The molecule has 3 N–H and O–H groups in total. The van der Waals surface area contributed by atoms with E-state index in [0.29, 0.717) is 25.4 Å². The number of benzene rings is 2. The Balaban J connectivity index is 1.35. The lowest BCUT2D eigenvalue weighted by atomic mass is 9.96. The molecule has 150 valence electrons. The highest BCUT2D eigenvalue weighted by atomic mass is 16.2. The van der Waals surface area contributed by atoms with Gasteiger partial charge in [-0.05, 0) is 48.6 Å². The molecule has 28 heavy (non-hydrogen) atoms. The number of hydrogen-bond donors (Lipinski definition) is 3. The average molecular weight is 382 g/mol. The minimum Gasteiger partial charge on any atom is -0.350 e. The highest BCUT2D eigenvalue weighted by molar-refractivity contribution is 5.83. The van der Waals surface area contributed by atoms with E-state index in [2.05, 4.69) is 46.3 Å². The van der Waals surface area contributed by atoms with Gasteiger partial charge in [-0.1, -0.05) is 55.7 Å². The van der Waals surface area contributed by atoms with Crippen LogP contribution in [0.3, 0.4) is 0 Å². The minimum atomic E-state index is -0.114. The van der Waals surface area contributed by atoms with Gasteiger partial charge in [-0.25, -0.2) is 4.79 Å². The van der Waals surface area contributed by atoms with Gasteiger partial charge in [0.2, 0.25) is 5.91 Å². The molecule has 3 amide bonds. The Morgan fingerprint density at radius 1 is 1.04 bits per heavy atom. The molecule has 1 atom stereocenters. The first-order chi connectivity index (χ1) is 13.6. The Morgan fingerprint density at radius 2 is 1.79 bits per heavy atom. The third kappa shape index (κ3) is 5.98. The summed E-state index contributed by atoms with van der Waals surface area (Å²) in [4.78, 5) is 24.1. The van der Waals surface area contributed by atoms with Crippen LogP contribution in [0.25, 0.3) is 10.8 Å². The maximum absolute atomic E-state index is 12.2. The summed E-state index contributed by atoms with van der Waals surface area (Å²) in [5.41, 5.74) is 1.09. The van der Waals surface area contributed by atoms with Crippen molar-refractivity contribution in [2.45, 2.75) is 64.0 Å². The third-order valence-corrected chi connectivity index (χ3v) is 5.46. The van der Waals surface area contributed by atoms with Gasteiger partial charge in [0, 0.05) is 19.0 Å². The lowest BCUT2D eigenvalue weighted by Gasteiger charge is -2.22. The van der Waals surface area contributed by atoms with Crippen LogP contribution in [0.15, 0.2) is 42.5 Å². The molecule has 0 saturated heterocycles. The predicted molar refractivity (Wildman–Crippen MR) is 113 cm³/mol. The summed E-state index contributed by atoms with van der Waals surface area (Å²) in [5.74, 6) is 0.00940. The van der Waals surface area contributed by atoms with Gasteiger partial charge in [-0.15, -0.1) is 0 Å². The zero-order valence-electron chi connectivity index (χ0n) is 16.7. The Bertz CT molecular complexity index is 799. The van der Waals surface area contributed by atoms with Gasteiger partial charge < -0.3 is 16.0 Å². The van der Waals surface area contributed by atoms with Gasteiger partial charge in [-0.3, -0.25) is 4.79 Å². The first-order valence-electron chi connectivity index (χ1n) is 10.4. The molecule has 5 heteroatoms. The summed E-state index contributed by atoms with van der Waals surface area (Å²) in [7, 11) is 0. The molecule has 1 aliphatic carbocycles. The van der Waals surface area contributed by atoms with Crippen LogP contribution >= 0.6 is 0 Å². The molecule has 0 bridgehead atoms. The molecule has 1 saturated carbocycles. The molecule has 2 aromatic carbocycles. The largest absolute Gasteiger partial charge is 0.350 e. The molecule has 1 fully saturated rings. The van der Waals surface area contributed by atoms with E-state index in [0.717, 1.165) is 18.4 Å². The molecule has 0 aromatic heterocycles. The number of nitrogens with one attached hydrogen (secondary N) is 3. The lowest BCUT2D eigenvalue weighted by Crippen LogP contribution is -2.43. The maximum Gasteiger partial charge on any atom is 0.315 e. The average Bonchev–Trinajstić information content (AvgIpc) is 2.71. The van der Waals surface area contributed by atoms with E-state index in [4.69, 9.17) is 0 Å². The number of hydrogen-bond acceptors (Lipinski definition) is 2. The molecule has 0 radical (unpaired) electrons. The molecule has 1 unspecified atom stereocenters. The van der Waals surface area contributed by atoms with Crippen molar-refractivity contribution in [3.05, 3.63) is 48.0 Å². The monoisotopic (exact) mass is 381 g/mol. The van der Waals surface area contributed by atoms with Crippen LogP contribution in [0.5, 0.6) is 0 Å². The predicted octanol–water partition coefficient (Wildman–Crippen LogP) is 4.43. The standard InChI is InChI=1S/C23H31N3O2/c1-17(19-14-13-18-8-5-6-9-20(18)16-19)25-22(27)12-7-15-24-23(28)26-21-10-3-2-4-11-21/h5-6,8-9,13-14,16-17,21H,2-4,7,10-12,15H2,1H3,(H,25,27)(H2,24,26,28). The molecule has 1 aliphatic rings. The molecule has 2 aromatic rings. The van der Waals surface area contributed by atoms with E-state index in [1.807, 2.05) is 19.1 Å². The number of carbonyl (C=O) groups excluding carboxylic acids is 2. The number of urea groups is 1. The maximum atomic E-state index is 12.2. The van der Waals surface area contributed by atoms with E-state index in [-0.39, 0.29) is 18.0 Å². The second kappa shape index (κ2) is 10.1. The van der Waals surface area contributed by atoms with Crippen LogP contribution in [-0.2, 0) is 4.79 Å². The van der Waals surface area contributed by atoms with Gasteiger partial charge >= 0.3 is 6.03 Å². The van der Waals surface area contributed by atoms with Crippen molar-refractivity contribution >= 4 is 22.7 Å². The normalized spacial score (nSPS) is 15.8. The van der Waals surface area contributed by atoms with Crippen LogP contribution in [0, 0.1) is 0 Å². The molecule has 5 nitrogen and oxygen atoms in total. The molecule has 3 rings (SSSR count). The fraction of sp³-hybridized carbons (Fsp3) is 0.478. The second-order valence-corrected chi connectivity index (χ2v) is 7.73. The van der Waals surface area contributed by atoms with Crippen molar-refractivity contribution in [2.75, 3.05) is 6.54 Å². The number of fused-ring (bicyclic) bond motifs is 1. The van der Waals surface area contributed by atoms with E-state index in [1.54, 1.807) is 0 Å². The zero-order chi connectivity index (χ0) is 19.8. The summed E-state index contributed by atoms with van der Waals surface area (Å²) in [6.07, 6.45) is 6.84. The van der Waals surface area contributed by atoms with Crippen LogP contribution in [0.4, 0.5) is 4.79 Å². The Labute approximate surface area is 167 Å². The quantitative estimate of drug-likeness (QED) is 0.621. The molecule has 0 heterocycles. The van der Waals surface area contributed by atoms with E-state index >= 15 is 0 Å². The van der Waals surface area contributed by atoms with Gasteiger partial charge in [-0.2, -0.15) is 0 Å². The van der Waals surface area contributed by atoms with Crippen LogP contribution in [0.2, 0.25) is 0 Å². The highest BCUT2D eigenvalue weighted by Gasteiger charge is 2.15. The number of carbonyl (C=O) groups is 2. The minimum absolute atomic E-state index is 0.00940. The van der Waals surface area contributed by atoms with E-state index < -0.39 is 0 Å². The van der Waals surface area contributed by atoms with Gasteiger partial charge in [0.05, 0.1) is 6.04 Å². The summed E-state index contributed by atoms with van der Waals surface area (Å²) < 4.78 is 0. The van der Waals surface area contributed by atoms with Crippen molar-refractivity contribution < 1.29 is 9.59 Å². The van der Waals surface area contributed by atoms with Crippen molar-refractivity contribution in [3.63, 3.8) is 0 Å². The number of amides is 3. The summed E-state index contributed by atoms with van der Waals surface area (Å²) in [6.45, 7) is 2.51. The van der Waals surface area contributed by atoms with E-state index in [1.165, 1.54) is 30.0 Å². The Morgan fingerprint density at radius 3 is 2.57 bits per heavy atom. The second-order valence-electron chi connectivity index (χ2n) is 7.73. The Hall–Kier alpha value is -2.56. The van der Waals surface area contributed by atoms with Crippen molar-refractivity contribution in [2.24, 2.45) is 0 Å². The Kier molecular flexibility index (Phi) is 7.29. The first-order valence-corrected chi connectivity index (χ1v) is 10.4. The highest BCUT2D eigenvalue weighted by Crippen LogP contribution is 2.20. The van der Waals surface area contributed by atoms with Crippen LogP contribution < -0.4 is 16.0 Å². The topological polar surface area (TPSA) is 70.2 Å². The fourth-order valence-electron chi connectivity index (χ4n) is 3.81. The van der Waals surface area contributed by atoms with Crippen LogP contribution in [-0.4, -0.2) is 24.5 Å². The summed E-state index contributed by atoms with van der Waals surface area (Å²) in [6, 6.07) is 14.6. The van der Waals surface area contributed by atoms with Gasteiger partial charge in [0.25, 0.3) is 0 Å². The van der Waals surface area contributed by atoms with E-state index in [9.17, 15) is 9.59 Å². The summed E-state index contributed by atoms with van der Waals surface area (Å²) in [5, 5.41) is 11.3. The van der Waals surface area contributed by atoms with Crippen molar-refractivity contribution in [3.8, 4) is 0 Å². The molecular formula is C23H31N3O2. The third-order valence-electron chi connectivity index (χ3n) is 5.46. The smallest absolute Gasteiger partial charge is 0.315 e. The van der Waals surface area contributed by atoms with Crippen molar-refractivity contribution in [1.82, 2.24) is 16.0 Å².